The van der Waals surface area contributed by atoms with Crippen LogP contribution in [0.1, 0.15) is 0 Å². The molecule has 0 amide bonds. The van der Waals surface area contributed by atoms with Gasteiger partial charge in [-0.1, -0.05) is 17.8 Å². The monoisotopic (exact) mass is 283 g/mol. The Labute approximate surface area is 119 Å². The molecule has 3 nitrogen and oxygen atoms in total. The van der Waals surface area contributed by atoms with Gasteiger partial charge in [0.25, 0.3) is 0 Å². The van der Waals surface area contributed by atoms with E-state index in [2.05, 4.69) is 15.0 Å². The molecule has 0 aliphatic rings. The van der Waals surface area contributed by atoms with E-state index >= 15 is 0 Å². The standard InChI is InChI=1S/C15H10FN3S/c16-11-4-6-12(7-5-11)20-14-8-10-18-15(19-14)13-3-1-2-9-17-13/h1-10H. The minimum atomic E-state index is -0.244. The number of benzene rings is 1. The van der Waals surface area contributed by atoms with Crippen molar-refractivity contribution in [3.8, 4) is 11.5 Å². The van der Waals surface area contributed by atoms with Gasteiger partial charge < -0.3 is 0 Å². The van der Waals surface area contributed by atoms with Gasteiger partial charge in [-0.05, 0) is 42.5 Å². The van der Waals surface area contributed by atoms with E-state index in [-0.39, 0.29) is 5.82 Å². The fourth-order valence-corrected chi connectivity index (χ4v) is 2.42. The first-order valence-electron chi connectivity index (χ1n) is 5.99. The maximum atomic E-state index is 12.9. The Balaban J connectivity index is 1.86. The molecule has 0 saturated heterocycles. The highest BCUT2D eigenvalue weighted by atomic mass is 32.2. The maximum absolute atomic E-state index is 12.9. The molecular weight excluding hydrogens is 273 g/mol. The van der Waals surface area contributed by atoms with E-state index < -0.39 is 0 Å². The van der Waals surface area contributed by atoms with Crippen LogP contribution in [0.4, 0.5) is 4.39 Å². The Bertz CT molecular complexity index is 702. The summed E-state index contributed by atoms with van der Waals surface area (Å²) in [6, 6.07) is 13.7. The number of hydrogen-bond donors (Lipinski definition) is 0. The molecule has 0 fully saturated rings. The first-order valence-corrected chi connectivity index (χ1v) is 6.81. The second kappa shape index (κ2) is 5.79. The van der Waals surface area contributed by atoms with Gasteiger partial charge in [-0.15, -0.1) is 0 Å². The number of hydrogen-bond acceptors (Lipinski definition) is 4. The summed E-state index contributed by atoms with van der Waals surface area (Å²) in [5.41, 5.74) is 0.731. The molecule has 98 valence electrons. The number of halogens is 1. The number of nitrogens with zero attached hydrogens (tertiary/aromatic N) is 3. The van der Waals surface area contributed by atoms with Crippen molar-refractivity contribution < 1.29 is 4.39 Å². The Morgan fingerprint density at radius 3 is 2.45 bits per heavy atom. The lowest BCUT2D eigenvalue weighted by atomic mass is 10.3. The Kier molecular flexibility index (Phi) is 3.69. The zero-order valence-electron chi connectivity index (χ0n) is 10.4. The van der Waals surface area contributed by atoms with Gasteiger partial charge in [-0.3, -0.25) is 4.98 Å². The van der Waals surface area contributed by atoms with Crippen molar-refractivity contribution in [2.24, 2.45) is 0 Å². The average molecular weight is 283 g/mol. The lowest BCUT2D eigenvalue weighted by Crippen LogP contribution is -1.92. The predicted molar refractivity (Wildman–Crippen MR) is 75.8 cm³/mol. The van der Waals surface area contributed by atoms with Gasteiger partial charge in [0.15, 0.2) is 5.82 Å². The first-order chi connectivity index (χ1) is 9.81. The largest absolute Gasteiger partial charge is 0.253 e. The highest BCUT2D eigenvalue weighted by Gasteiger charge is 2.05. The van der Waals surface area contributed by atoms with Crippen LogP contribution in [0.5, 0.6) is 0 Å². The van der Waals surface area contributed by atoms with Crippen molar-refractivity contribution in [2.75, 3.05) is 0 Å². The van der Waals surface area contributed by atoms with Crippen LogP contribution in [-0.2, 0) is 0 Å². The van der Waals surface area contributed by atoms with Gasteiger partial charge in [-0.25, -0.2) is 14.4 Å². The molecule has 2 aromatic heterocycles. The summed E-state index contributed by atoms with van der Waals surface area (Å²) in [5, 5.41) is 0.798. The van der Waals surface area contributed by atoms with E-state index in [0.717, 1.165) is 15.6 Å². The number of rotatable bonds is 3. The van der Waals surface area contributed by atoms with E-state index in [9.17, 15) is 4.39 Å². The number of pyridine rings is 1. The summed E-state index contributed by atoms with van der Waals surface area (Å²) < 4.78 is 12.9. The Hall–Kier alpha value is -2.27. The molecule has 0 bridgehead atoms. The molecular formula is C15H10FN3S. The lowest BCUT2D eigenvalue weighted by Gasteiger charge is -2.03. The third-order valence-electron chi connectivity index (χ3n) is 2.56. The lowest BCUT2D eigenvalue weighted by molar-refractivity contribution is 0.626. The number of aromatic nitrogens is 3. The Morgan fingerprint density at radius 1 is 0.850 bits per heavy atom. The van der Waals surface area contributed by atoms with E-state index in [1.165, 1.54) is 23.9 Å². The quantitative estimate of drug-likeness (QED) is 0.685. The van der Waals surface area contributed by atoms with Crippen molar-refractivity contribution in [3.05, 3.63) is 66.7 Å². The molecule has 0 unspecified atom stereocenters. The van der Waals surface area contributed by atoms with Crippen LogP contribution >= 0.6 is 11.8 Å². The molecule has 0 aliphatic carbocycles. The molecule has 5 heteroatoms. The minimum Gasteiger partial charge on any atom is -0.253 e. The molecule has 0 N–H and O–H groups in total. The van der Waals surface area contributed by atoms with Crippen LogP contribution in [0.3, 0.4) is 0 Å². The molecule has 20 heavy (non-hydrogen) atoms. The van der Waals surface area contributed by atoms with Crippen molar-refractivity contribution in [2.45, 2.75) is 9.92 Å². The second-order valence-corrected chi connectivity index (χ2v) is 5.08. The van der Waals surface area contributed by atoms with Crippen molar-refractivity contribution in [3.63, 3.8) is 0 Å². The third kappa shape index (κ3) is 3.00. The molecule has 0 atom stereocenters. The molecule has 2 heterocycles. The van der Waals surface area contributed by atoms with Gasteiger partial charge in [0.1, 0.15) is 16.5 Å². The smallest absolute Gasteiger partial charge is 0.179 e. The summed E-state index contributed by atoms with van der Waals surface area (Å²) in [6.45, 7) is 0. The maximum Gasteiger partial charge on any atom is 0.179 e. The summed E-state index contributed by atoms with van der Waals surface area (Å²) in [6.07, 6.45) is 3.40. The van der Waals surface area contributed by atoms with Gasteiger partial charge in [0, 0.05) is 17.3 Å². The molecule has 1 aromatic carbocycles. The van der Waals surface area contributed by atoms with Crippen LogP contribution in [-0.4, -0.2) is 15.0 Å². The summed E-state index contributed by atoms with van der Waals surface area (Å²) >= 11 is 1.46. The van der Waals surface area contributed by atoms with E-state index in [4.69, 9.17) is 0 Å². The van der Waals surface area contributed by atoms with Crippen LogP contribution in [0.2, 0.25) is 0 Å². The molecule has 0 spiro atoms. The van der Waals surface area contributed by atoms with Crippen molar-refractivity contribution in [1.82, 2.24) is 15.0 Å². The van der Waals surface area contributed by atoms with Crippen LogP contribution in [0.25, 0.3) is 11.5 Å². The second-order valence-electron chi connectivity index (χ2n) is 3.99. The van der Waals surface area contributed by atoms with Gasteiger partial charge in [-0.2, -0.15) is 0 Å². The fourth-order valence-electron chi connectivity index (χ4n) is 1.64. The van der Waals surface area contributed by atoms with Crippen molar-refractivity contribution >= 4 is 11.8 Å². The van der Waals surface area contributed by atoms with Crippen LogP contribution in [0.15, 0.2) is 70.8 Å². The molecule has 3 aromatic rings. The fraction of sp³-hybridized carbons (Fsp3) is 0. The zero-order chi connectivity index (χ0) is 13.8. The predicted octanol–water partition coefficient (Wildman–Crippen LogP) is 3.83. The van der Waals surface area contributed by atoms with Crippen LogP contribution in [0, 0.1) is 5.82 Å². The topological polar surface area (TPSA) is 38.7 Å². The SMILES string of the molecule is Fc1ccc(Sc2ccnc(-c3ccccn3)n2)cc1. The van der Waals surface area contributed by atoms with Gasteiger partial charge >= 0.3 is 0 Å². The molecule has 0 radical (unpaired) electrons. The molecule has 0 aliphatic heterocycles. The van der Waals surface area contributed by atoms with Crippen LogP contribution < -0.4 is 0 Å². The normalized spacial score (nSPS) is 10.4. The average Bonchev–Trinajstić information content (AvgIpc) is 2.51. The minimum absolute atomic E-state index is 0.244. The highest BCUT2D eigenvalue weighted by molar-refractivity contribution is 7.99. The Morgan fingerprint density at radius 2 is 1.70 bits per heavy atom. The highest BCUT2D eigenvalue weighted by Crippen LogP contribution is 2.26. The van der Waals surface area contributed by atoms with E-state index in [0.29, 0.717) is 5.82 Å². The molecule has 3 rings (SSSR count). The molecule has 0 saturated carbocycles. The van der Waals surface area contributed by atoms with Gasteiger partial charge in [0.2, 0.25) is 0 Å². The summed E-state index contributed by atoms with van der Waals surface area (Å²) in [4.78, 5) is 13.8. The van der Waals surface area contributed by atoms with Crippen molar-refractivity contribution in [1.29, 1.82) is 0 Å². The van der Waals surface area contributed by atoms with E-state index in [1.807, 2.05) is 24.3 Å². The third-order valence-corrected chi connectivity index (χ3v) is 3.50. The van der Waals surface area contributed by atoms with E-state index in [1.54, 1.807) is 24.5 Å². The zero-order valence-corrected chi connectivity index (χ0v) is 11.2. The first kappa shape index (κ1) is 12.7. The van der Waals surface area contributed by atoms with Gasteiger partial charge in [0.05, 0.1) is 0 Å². The summed E-state index contributed by atoms with van der Waals surface area (Å²) in [7, 11) is 0. The summed E-state index contributed by atoms with van der Waals surface area (Å²) in [5.74, 6) is 0.337.